The zero-order chi connectivity index (χ0) is 18.4. The van der Waals surface area contributed by atoms with Gasteiger partial charge in [-0.2, -0.15) is 0 Å². The third-order valence-electron chi connectivity index (χ3n) is 4.62. The van der Waals surface area contributed by atoms with Crippen LogP contribution < -0.4 is 5.32 Å². The normalized spacial score (nSPS) is 15.3. The van der Waals surface area contributed by atoms with Crippen LogP contribution in [0.15, 0.2) is 54.6 Å². The first-order valence-corrected chi connectivity index (χ1v) is 9.02. The Kier molecular flexibility index (Phi) is 6.02. The molecule has 136 valence electrons. The molecule has 1 N–H and O–H groups in total. The first-order valence-electron chi connectivity index (χ1n) is 9.02. The molecule has 2 amide bonds. The molecule has 0 radical (unpaired) electrons. The number of morpholine rings is 1. The van der Waals surface area contributed by atoms with Crippen molar-refractivity contribution in [3.05, 3.63) is 65.7 Å². The van der Waals surface area contributed by atoms with Crippen molar-refractivity contribution in [1.82, 2.24) is 4.90 Å². The van der Waals surface area contributed by atoms with Gasteiger partial charge in [-0.25, -0.2) is 0 Å². The van der Waals surface area contributed by atoms with Gasteiger partial charge in [0.05, 0.1) is 19.1 Å². The third-order valence-corrected chi connectivity index (χ3v) is 4.62. The molecule has 3 rings (SSSR count). The second kappa shape index (κ2) is 8.63. The number of anilines is 1. The van der Waals surface area contributed by atoms with Crippen LogP contribution in [0, 0.1) is 0 Å². The fraction of sp³-hybridized carbons (Fsp3) is 0.333. The number of carbonyl (C=O) groups excluding carboxylic acids is 2. The number of nitrogens with zero attached hydrogens (tertiary/aromatic N) is 1. The number of rotatable bonds is 5. The van der Waals surface area contributed by atoms with Crippen LogP contribution in [0.5, 0.6) is 0 Å². The second-order valence-electron chi connectivity index (χ2n) is 6.34. The van der Waals surface area contributed by atoms with E-state index in [1.807, 2.05) is 37.3 Å². The number of benzene rings is 2. The number of hydrogen-bond donors (Lipinski definition) is 1. The van der Waals surface area contributed by atoms with E-state index in [9.17, 15) is 9.59 Å². The van der Waals surface area contributed by atoms with E-state index in [-0.39, 0.29) is 17.7 Å². The molecule has 5 nitrogen and oxygen atoms in total. The standard InChI is InChI=1S/C21H24N2O3/c1-2-19(16-6-4-3-5-7-16)20(24)22-18-10-8-17(9-11-18)21(25)23-12-14-26-15-13-23/h3-11,19H,2,12-15H2,1H3,(H,22,24)/t19-/m1/s1. The summed E-state index contributed by atoms with van der Waals surface area (Å²) in [4.78, 5) is 26.9. The molecule has 0 bridgehead atoms. The Morgan fingerprint density at radius 3 is 2.31 bits per heavy atom. The number of nitrogens with one attached hydrogen (secondary N) is 1. The van der Waals surface area contributed by atoms with Crippen LogP contribution in [-0.2, 0) is 9.53 Å². The molecule has 26 heavy (non-hydrogen) atoms. The van der Waals surface area contributed by atoms with E-state index in [0.717, 1.165) is 12.0 Å². The Hall–Kier alpha value is -2.66. The topological polar surface area (TPSA) is 58.6 Å². The molecule has 1 atom stereocenters. The van der Waals surface area contributed by atoms with E-state index < -0.39 is 0 Å². The summed E-state index contributed by atoms with van der Waals surface area (Å²) in [5, 5.41) is 2.95. The lowest BCUT2D eigenvalue weighted by molar-refractivity contribution is -0.117. The smallest absolute Gasteiger partial charge is 0.254 e. The number of amides is 2. The summed E-state index contributed by atoms with van der Waals surface area (Å²) in [6.07, 6.45) is 0.726. The van der Waals surface area contributed by atoms with Gasteiger partial charge in [0.2, 0.25) is 5.91 Å². The van der Waals surface area contributed by atoms with Crippen LogP contribution >= 0.6 is 0 Å². The van der Waals surface area contributed by atoms with Gasteiger partial charge in [0.1, 0.15) is 0 Å². The number of carbonyl (C=O) groups is 2. The van der Waals surface area contributed by atoms with Gasteiger partial charge in [0.25, 0.3) is 5.91 Å². The Labute approximate surface area is 154 Å². The molecule has 0 spiro atoms. The van der Waals surface area contributed by atoms with E-state index in [1.165, 1.54) is 0 Å². The maximum absolute atomic E-state index is 12.6. The van der Waals surface area contributed by atoms with Crippen LogP contribution in [0.25, 0.3) is 0 Å². The molecule has 0 unspecified atom stereocenters. The van der Waals surface area contributed by atoms with Crippen molar-refractivity contribution in [3.8, 4) is 0 Å². The van der Waals surface area contributed by atoms with E-state index >= 15 is 0 Å². The SMILES string of the molecule is CC[C@@H](C(=O)Nc1ccc(C(=O)N2CCOCC2)cc1)c1ccccc1. The first-order chi connectivity index (χ1) is 12.7. The van der Waals surface area contributed by atoms with Gasteiger partial charge in [-0.1, -0.05) is 37.3 Å². The molecule has 1 aliphatic heterocycles. The number of hydrogen-bond acceptors (Lipinski definition) is 3. The molecule has 1 aliphatic rings. The first kappa shape index (κ1) is 18.1. The van der Waals surface area contributed by atoms with Crippen molar-refractivity contribution in [2.75, 3.05) is 31.6 Å². The molecule has 0 aliphatic carbocycles. The zero-order valence-corrected chi connectivity index (χ0v) is 15.0. The summed E-state index contributed by atoms with van der Waals surface area (Å²) in [6.45, 7) is 4.40. The average molecular weight is 352 g/mol. The highest BCUT2D eigenvalue weighted by Crippen LogP contribution is 2.22. The maximum Gasteiger partial charge on any atom is 0.254 e. The Balaban J connectivity index is 1.65. The zero-order valence-electron chi connectivity index (χ0n) is 15.0. The molecule has 2 aromatic rings. The molecule has 1 fully saturated rings. The van der Waals surface area contributed by atoms with Crippen LogP contribution in [-0.4, -0.2) is 43.0 Å². The van der Waals surface area contributed by atoms with Crippen molar-refractivity contribution >= 4 is 17.5 Å². The fourth-order valence-corrected chi connectivity index (χ4v) is 3.13. The molecular weight excluding hydrogens is 328 g/mol. The summed E-state index contributed by atoms with van der Waals surface area (Å²) in [6, 6.07) is 16.9. The predicted molar refractivity (Wildman–Crippen MR) is 101 cm³/mol. The van der Waals surface area contributed by atoms with Gasteiger partial charge in [-0.05, 0) is 36.2 Å². The predicted octanol–water partition coefficient (Wildman–Crippen LogP) is 3.29. The molecule has 0 saturated carbocycles. The Morgan fingerprint density at radius 1 is 1.04 bits per heavy atom. The quantitative estimate of drug-likeness (QED) is 0.898. The molecule has 5 heteroatoms. The highest BCUT2D eigenvalue weighted by molar-refractivity contribution is 5.97. The summed E-state index contributed by atoms with van der Waals surface area (Å²) >= 11 is 0. The summed E-state index contributed by atoms with van der Waals surface area (Å²) in [5.74, 6) is -0.223. The van der Waals surface area contributed by atoms with Crippen molar-refractivity contribution in [2.24, 2.45) is 0 Å². The van der Waals surface area contributed by atoms with Crippen LogP contribution in [0.3, 0.4) is 0 Å². The largest absolute Gasteiger partial charge is 0.378 e. The molecule has 1 saturated heterocycles. The van der Waals surface area contributed by atoms with Gasteiger partial charge in [0, 0.05) is 24.3 Å². The third kappa shape index (κ3) is 4.29. The molecule has 0 aromatic heterocycles. The summed E-state index contributed by atoms with van der Waals surface area (Å²) in [7, 11) is 0. The maximum atomic E-state index is 12.6. The van der Waals surface area contributed by atoms with Crippen molar-refractivity contribution in [3.63, 3.8) is 0 Å². The van der Waals surface area contributed by atoms with E-state index in [4.69, 9.17) is 4.74 Å². The lowest BCUT2D eigenvalue weighted by atomic mass is 9.95. The summed E-state index contributed by atoms with van der Waals surface area (Å²) < 4.78 is 5.28. The monoisotopic (exact) mass is 352 g/mol. The molecule has 2 aromatic carbocycles. The van der Waals surface area contributed by atoms with Gasteiger partial charge in [-0.3, -0.25) is 9.59 Å². The lowest BCUT2D eigenvalue weighted by Crippen LogP contribution is -2.40. The average Bonchev–Trinajstić information content (AvgIpc) is 2.70. The van der Waals surface area contributed by atoms with Gasteiger partial charge in [-0.15, -0.1) is 0 Å². The van der Waals surface area contributed by atoms with Crippen molar-refractivity contribution < 1.29 is 14.3 Å². The highest BCUT2D eigenvalue weighted by Gasteiger charge is 2.20. The molecular formula is C21H24N2O3. The minimum atomic E-state index is -0.189. The van der Waals surface area contributed by atoms with E-state index in [2.05, 4.69) is 5.32 Å². The minimum Gasteiger partial charge on any atom is -0.378 e. The highest BCUT2D eigenvalue weighted by atomic mass is 16.5. The number of ether oxygens (including phenoxy) is 1. The van der Waals surface area contributed by atoms with E-state index in [1.54, 1.807) is 29.2 Å². The van der Waals surface area contributed by atoms with E-state index in [0.29, 0.717) is 37.6 Å². The lowest BCUT2D eigenvalue weighted by Gasteiger charge is -2.26. The Bertz CT molecular complexity index is 738. The van der Waals surface area contributed by atoms with Crippen LogP contribution in [0.1, 0.15) is 35.2 Å². The minimum absolute atomic E-state index is 0.00176. The summed E-state index contributed by atoms with van der Waals surface area (Å²) in [5.41, 5.74) is 2.33. The second-order valence-corrected chi connectivity index (χ2v) is 6.34. The van der Waals surface area contributed by atoms with Gasteiger partial charge >= 0.3 is 0 Å². The Morgan fingerprint density at radius 2 is 1.69 bits per heavy atom. The van der Waals surface area contributed by atoms with Crippen LogP contribution in [0.4, 0.5) is 5.69 Å². The van der Waals surface area contributed by atoms with Crippen LogP contribution in [0.2, 0.25) is 0 Å². The van der Waals surface area contributed by atoms with Gasteiger partial charge < -0.3 is 15.0 Å². The molecule has 1 heterocycles. The fourth-order valence-electron chi connectivity index (χ4n) is 3.13. The van der Waals surface area contributed by atoms with Crippen molar-refractivity contribution in [1.29, 1.82) is 0 Å². The van der Waals surface area contributed by atoms with Gasteiger partial charge in [0.15, 0.2) is 0 Å². The van der Waals surface area contributed by atoms with Crippen molar-refractivity contribution in [2.45, 2.75) is 19.3 Å².